The zero-order valence-electron chi connectivity index (χ0n) is 20.2. The summed E-state index contributed by atoms with van der Waals surface area (Å²) in [5.41, 5.74) is 0.886. The first-order chi connectivity index (χ1) is 14.4. The second-order valence-electron chi connectivity index (χ2n) is 11.6. The highest BCUT2D eigenvalue weighted by Gasteiger charge is 2.58. The van der Waals surface area contributed by atoms with Crippen molar-refractivity contribution in [2.75, 3.05) is 0 Å². The van der Waals surface area contributed by atoms with Crippen LogP contribution in [0.4, 0.5) is 0 Å². The van der Waals surface area contributed by atoms with Crippen molar-refractivity contribution in [3.63, 3.8) is 0 Å². The van der Waals surface area contributed by atoms with E-state index in [0.717, 1.165) is 19.3 Å². The molecular weight excluding hydrogens is 388 g/mol. The lowest BCUT2D eigenvalue weighted by atomic mass is 9.49. The Morgan fingerprint density at radius 1 is 1.06 bits per heavy atom. The standard InChI is InChI=1S/C27H42O4/c1-16(2)17(3)7-8-18(4)20-11-12-21-19-9-10-23(25(30)31)27(6,15-24(28)29)22(19)13-14-26(20,21)5/h7-9,16-18,20-23H,10-15H2,1-6H3,(H,28,29)(H,30,31)/b8-7+/t17-,18+,20-,21-,22+,23+,26+,27-/m0/s1. The van der Waals surface area contributed by atoms with Crippen LogP contribution in [-0.4, -0.2) is 22.2 Å². The van der Waals surface area contributed by atoms with E-state index >= 15 is 0 Å². The lowest BCUT2D eigenvalue weighted by Crippen LogP contribution is -2.50. The van der Waals surface area contributed by atoms with Crippen molar-refractivity contribution in [1.29, 1.82) is 0 Å². The Morgan fingerprint density at radius 2 is 1.74 bits per heavy atom. The molecule has 2 fully saturated rings. The molecule has 3 aliphatic rings. The molecule has 4 heteroatoms. The molecule has 0 bridgehead atoms. The van der Waals surface area contributed by atoms with Gasteiger partial charge >= 0.3 is 11.9 Å². The highest BCUT2D eigenvalue weighted by Crippen LogP contribution is 2.65. The van der Waals surface area contributed by atoms with Gasteiger partial charge in [-0.15, -0.1) is 0 Å². The first-order valence-corrected chi connectivity index (χ1v) is 12.2. The maximum absolute atomic E-state index is 12.0. The van der Waals surface area contributed by atoms with Gasteiger partial charge in [0.15, 0.2) is 0 Å². The minimum absolute atomic E-state index is 0.0644. The van der Waals surface area contributed by atoms with Crippen molar-refractivity contribution < 1.29 is 19.8 Å². The summed E-state index contributed by atoms with van der Waals surface area (Å²) in [6.45, 7) is 13.5. The summed E-state index contributed by atoms with van der Waals surface area (Å²) in [5, 5.41) is 19.4. The fourth-order valence-electron chi connectivity index (χ4n) is 7.32. The molecule has 0 aromatic carbocycles. The Labute approximate surface area is 188 Å². The fourth-order valence-corrected chi connectivity index (χ4v) is 7.32. The maximum atomic E-state index is 12.0. The fraction of sp³-hybridized carbons (Fsp3) is 0.778. The van der Waals surface area contributed by atoms with Gasteiger partial charge in [0.25, 0.3) is 0 Å². The summed E-state index contributed by atoms with van der Waals surface area (Å²) < 4.78 is 0. The SMILES string of the molecule is CC(C)[C@@H](C)/C=C/[C@@H](C)[C@@H]1CC[C@H]2C3=CC[C@H](C(=O)O)[C@@](C)(CC(=O)O)[C@@H]3CC[C@@]21C. The topological polar surface area (TPSA) is 74.6 Å². The Morgan fingerprint density at radius 3 is 2.32 bits per heavy atom. The molecule has 2 saturated carbocycles. The molecule has 3 aliphatic carbocycles. The van der Waals surface area contributed by atoms with Gasteiger partial charge in [0.05, 0.1) is 12.3 Å². The molecule has 0 saturated heterocycles. The maximum Gasteiger partial charge on any atom is 0.307 e. The summed E-state index contributed by atoms with van der Waals surface area (Å²) in [6.07, 6.45) is 11.7. The first kappa shape index (κ1) is 24.1. The average molecular weight is 431 g/mol. The van der Waals surface area contributed by atoms with E-state index in [1.54, 1.807) is 0 Å². The molecule has 174 valence electrons. The van der Waals surface area contributed by atoms with Crippen molar-refractivity contribution in [2.24, 2.45) is 52.3 Å². The number of rotatable bonds is 7. The predicted molar refractivity (Wildman–Crippen MR) is 124 cm³/mol. The molecule has 0 unspecified atom stereocenters. The normalized spacial score (nSPS) is 39.6. The molecule has 0 aromatic heterocycles. The second-order valence-corrected chi connectivity index (χ2v) is 11.6. The summed E-state index contributed by atoms with van der Waals surface area (Å²) in [4.78, 5) is 23.7. The lowest BCUT2D eigenvalue weighted by Gasteiger charge is -2.54. The molecule has 0 spiro atoms. The molecule has 3 rings (SSSR count). The number of hydrogen-bond acceptors (Lipinski definition) is 2. The van der Waals surface area contributed by atoms with Crippen LogP contribution in [0.2, 0.25) is 0 Å². The Bertz CT molecular complexity index is 765. The highest BCUT2D eigenvalue weighted by atomic mass is 16.4. The van der Waals surface area contributed by atoms with E-state index < -0.39 is 23.3 Å². The number of carboxylic acids is 2. The Balaban J connectivity index is 1.87. The lowest BCUT2D eigenvalue weighted by molar-refractivity contribution is -0.153. The van der Waals surface area contributed by atoms with Crippen molar-refractivity contribution in [2.45, 2.75) is 80.1 Å². The van der Waals surface area contributed by atoms with E-state index in [1.807, 2.05) is 6.92 Å². The molecule has 8 atom stereocenters. The molecule has 2 N–H and O–H groups in total. The summed E-state index contributed by atoms with van der Waals surface area (Å²) >= 11 is 0. The van der Waals surface area contributed by atoms with Crippen LogP contribution < -0.4 is 0 Å². The van der Waals surface area contributed by atoms with Gasteiger partial charge in [-0.25, -0.2) is 0 Å². The third-order valence-electron chi connectivity index (χ3n) is 9.60. The van der Waals surface area contributed by atoms with Gasteiger partial charge < -0.3 is 10.2 Å². The number of hydrogen-bond donors (Lipinski definition) is 2. The number of carbonyl (C=O) groups is 2. The monoisotopic (exact) mass is 430 g/mol. The molecule has 4 nitrogen and oxygen atoms in total. The quantitative estimate of drug-likeness (QED) is 0.457. The Kier molecular flexibility index (Phi) is 6.79. The zero-order valence-corrected chi connectivity index (χ0v) is 20.2. The van der Waals surface area contributed by atoms with Crippen molar-refractivity contribution in [1.82, 2.24) is 0 Å². The summed E-state index contributed by atoms with van der Waals surface area (Å²) in [5.74, 6) is 0.548. The highest BCUT2D eigenvalue weighted by molar-refractivity contribution is 5.75. The van der Waals surface area contributed by atoms with Crippen molar-refractivity contribution in [3.8, 4) is 0 Å². The van der Waals surface area contributed by atoms with E-state index in [0.29, 0.717) is 36.0 Å². The number of aliphatic carboxylic acids is 2. The van der Waals surface area contributed by atoms with E-state index in [4.69, 9.17) is 0 Å². The van der Waals surface area contributed by atoms with Crippen LogP contribution in [0, 0.1) is 52.3 Å². The largest absolute Gasteiger partial charge is 0.481 e. The molecule has 0 amide bonds. The van der Waals surface area contributed by atoms with Crippen LogP contribution in [0.1, 0.15) is 80.1 Å². The van der Waals surface area contributed by atoms with Crippen LogP contribution >= 0.6 is 0 Å². The molecule has 0 aliphatic heterocycles. The van der Waals surface area contributed by atoms with E-state index in [-0.39, 0.29) is 17.8 Å². The molecule has 31 heavy (non-hydrogen) atoms. The van der Waals surface area contributed by atoms with Gasteiger partial charge in [-0.05, 0) is 78.4 Å². The van der Waals surface area contributed by atoms with Crippen LogP contribution in [0.3, 0.4) is 0 Å². The van der Waals surface area contributed by atoms with Crippen molar-refractivity contribution in [3.05, 3.63) is 23.8 Å². The smallest absolute Gasteiger partial charge is 0.307 e. The summed E-state index contributed by atoms with van der Waals surface area (Å²) in [7, 11) is 0. The molecular formula is C27H42O4. The van der Waals surface area contributed by atoms with Gasteiger partial charge in [0, 0.05) is 0 Å². The van der Waals surface area contributed by atoms with Gasteiger partial charge in [0.1, 0.15) is 0 Å². The zero-order chi connectivity index (χ0) is 23.1. The molecule has 0 heterocycles. The summed E-state index contributed by atoms with van der Waals surface area (Å²) in [6, 6.07) is 0. The number of fused-ring (bicyclic) bond motifs is 3. The van der Waals surface area contributed by atoms with Crippen LogP contribution in [0.5, 0.6) is 0 Å². The van der Waals surface area contributed by atoms with Crippen LogP contribution in [0.25, 0.3) is 0 Å². The van der Waals surface area contributed by atoms with Gasteiger partial charge in [-0.1, -0.05) is 65.3 Å². The van der Waals surface area contributed by atoms with Gasteiger partial charge in [-0.3, -0.25) is 9.59 Å². The average Bonchev–Trinajstić information content (AvgIpc) is 3.02. The van der Waals surface area contributed by atoms with E-state index in [2.05, 4.69) is 52.8 Å². The number of carboxylic acid groups (broad SMARTS) is 2. The van der Waals surface area contributed by atoms with Crippen molar-refractivity contribution >= 4 is 11.9 Å². The van der Waals surface area contributed by atoms with E-state index in [1.165, 1.54) is 12.0 Å². The first-order valence-electron chi connectivity index (χ1n) is 12.2. The van der Waals surface area contributed by atoms with Gasteiger partial charge in [0.2, 0.25) is 0 Å². The minimum Gasteiger partial charge on any atom is -0.481 e. The van der Waals surface area contributed by atoms with Gasteiger partial charge in [-0.2, -0.15) is 0 Å². The Hall–Kier alpha value is -1.58. The number of allylic oxidation sites excluding steroid dienone is 4. The third-order valence-corrected chi connectivity index (χ3v) is 9.60. The molecule has 0 radical (unpaired) electrons. The minimum atomic E-state index is -0.884. The third kappa shape index (κ3) is 4.24. The predicted octanol–water partition coefficient (Wildman–Crippen LogP) is 6.43. The molecule has 0 aromatic rings. The van der Waals surface area contributed by atoms with E-state index in [9.17, 15) is 19.8 Å². The second kappa shape index (κ2) is 8.75. The van der Waals surface area contributed by atoms with Crippen LogP contribution in [0.15, 0.2) is 23.8 Å². The van der Waals surface area contributed by atoms with Crippen LogP contribution in [-0.2, 0) is 9.59 Å².